The van der Waals surface area contributed by atoms with Crippen LogP contribution < -0.4 is 0 Å². The van der Waals surface area contributed by atoms with Gasteiger partial charge in [0.15, 0.2) is 0 Å². The molecule has 0 heterocycles. The fourth-order valence-corrected chi connectivity index (χ4v) is 2.67. The Bertz CT molecular complexity index is 468. The van der Waals surface area contributed by atoms with Gasteiger partial charge in [0.2, 0.25) is 0 Å². The van der Waals surface area contributed by atoms with Crippen LogP contribution in [0.5, 0.6) is 0 Å². The van der Waals surface area contributed by atoms with Crippen LogP contribution >= 0.6 is 0 Å². The van der Waals surface area contributed by atoms with Gasteiger partial charge in [-0.05, 0) is 19.1 Å². The van der Waals surface area contributed by atoms with E-state index >= 15 is 0 Å². The summed E-state index contributed by atoms with van der Waals surface area (Å²) in [6.45, 7) is 10.4. The minimum absolute atomic E-state index is 0.232. The highest BCUT2D eigenvalue weighted by molar-refractivity contribution is 7.92. The third-order valence-electron chi connectivity index (χ3n) is 2.20. The summed E-state index contributed by atoms with van der Waals surface area (Å²) in [5.74, 6) is 0. The molecule has 0 aliphatic heterocycles. The highest BCUT2D eigenvalue weighted by Gasteiger charge is 2.30. The van der Waals surface area contributed by atoms with E-state index in [4.69, 9.17) is 6.57 Å². The number of hydrogen-bond acceptors (Lipinski definition) is 2. The summed E-state index contributed by atoms with van der Waals surface area (Å²) < 4.78 is 23.8. The van der Waals surface area contributed by atoms with E-state index in [1.165, 1.54) is 0 Å². The van der Waals surface area contributed by atoms with E-state index in [9.17, 15) is 8.42 Å². The summed E-state index contributed by atoms with van der Waals surface area (Å²) in [4.78, 5) is 3.37. The number of rotatable bonds is 3. The summed E-state index contributed by atoms with van der Waals surface area (Å²) in [7, 11) is -3.47. The van der Waals surface area contributed by atoms with E-state index in [0.29, 0.717) is 6.42 Å². The van der Waals surface area contributed by atoms with E-state index in [2.05, 4.69) is 4.85 Å². The van der Waals surface area contributed by atoms with Crippen molar-refractivity contribution in [3.63, 3.8) is 0 Å². The Labute approximate surface area is 90.5 Å². The molecule has 0 aromatic heterocycles. The predicted molar refractivity (Wildman–Crippen MR) is 59.0 cm³/mol. The maximum absolute atomic E-state index is 11.9. The van der Waals surface area contributed by atoms with Crippen LogP contribution in [0.15, 0.2) is 29.2 Å². The van der Waals surface area contributed by atoms with Crippen LogP contribution in [-0.2, 0) is 9.84 Å². The van der Waals surface area contributed by atoms with Gasteiger partial charge in [-0.2, -0.15) is 0 Å². The molecule has 1 atom stereocenters. The van der Waals surface area contributed by atoms with Gasteiger partial charge in [0.05, 0.1) is 4.90 Å². The molecule has 0 saturated heterocycles. The fraction of sp³-hybridized carbons (Fsp3) is 0.364. The molecule has 15 heavy (non-hydrogen) atoms. The number of aryl methyl sites for hydroxylation is 1. The highest BCUT2D eigenvalue weighted by Crippen LogP contribution is 2.19. The lowest BCUT2D eigenvalue weighted by Crippen LogP contribution is -2.16. The van der Waals surface area contributed by atoms with Crippen LogP contribution in [0.3, 0.4) is 0 Å². The van der Waals surface area contributed by atoms with Gasteiger partial charge >= 0.3 is 5.37 Å². The molecule has 0 aliphatic carbocycles. The van der Waals surface area contributed by atoms with E-state index in [-0.39, 0.29) is 4.90 Å². The molecule has 0 amide bonds. The van der Waals surface area contributed by atoms with Crippen molar-refractivity contribution >= 4 is 9.84 Å². The molecule has 4 heteroatoms. The zero-order chi connectivity index (χ0) is 11.5. The first kappa shape index (κ1) is 11.7. The van der Waals surface area contributed by atoms with Crippen LogP contribution in [0, 0.1) is 13.5 Å². The zero-order valence-electron chi connectivity index (χ0n) is 8.77. The van der Waals surface area contributed by atoms with Crippen molar-refractivity contribution in [2.75, 3.05) is 0 Å². The van der Waals surface area contributed by atoms with Gasteiger partial charge in [0.1, 0.15) is 0 Å². The number of hydrogen-bond donors (Lipinski definition) is 0. The van der Waals surface area contributed by atoms with Gasteiger partial charge < -0.3 is 0 Å². The number of sulfone groups is 1. The van der Waals surface area contributed by atoms with Crippen LogP contribution in [-0.4, -0.2) is 13.8 Å². The Morgan fingerprint density at radius 3 is 2.27 bits per heavy atom. The first-order chi connectivity index (χ1) is 7.02. The normalized spacial score (nSPS) is 13.1. The standard InChI is InChI=1S/C11H13NO2S/c1-4-11(12-3)15(13,14)10-7-5-9(2)6-8-10/h5-8,11H,4H2,1-2H3. The second-order valence-electron chi connectivity index (χ2n) is 3.35. The third-order valence-corrected chi connectivity index (χ3v) is 4.29. The van der Waals surface area contributed by atoms with Crippen molar-refractivity contribution in [1.29, 1.82) is 0 Å². The van der Waals surface area contributed by atoms with Crippen molar-refractivity contribution in [3.05, 3.63) is 41.2 Å². The van der Waals surface area contributed by atoms with Gasteiger partial charge in [-0.25, -0.2) is 15.0 Å². The monoisotopic (exact) mass is 223 g/mol. The summed E-state index contributed by atoms with van der Waals surface area (Å²) >= 11 is 0. The second-order valence-corrected chi connectivity index (χ2v) is 5.46. The maximum atomic E-state index is 11.9. The molecular weight excluding hydrogens is 210 g/mol. The van der Waals surface area contributed by atoms with Crippen LogP contribution in [0.2, 0.25) is 0 Å². The van der Waals surface area contributed by atoms with Crippen molar-refractivity contribution in [1.82, 2.24) is 0 Å². The lowest BCUT2D eigenvalue weighted by Gasteiger charge is -2.05. The molecule has 0 fully saturated rings. The zero-order valence-corrected chi connectivity index (χ0v) is 9.58. The Kier molecular flexibility index (Phi) is 3.48. The fourth-order valence-electron chi connectivity index (χ4n) is 1.27. The van der Waals surface area contributed by atoms with Gasteiger partial charge in [0.25, 0.3) is 9.84 Å². The van der Waals surface area contributed by atoms with Crippen molar-refractivity contribution in [2.24, 2.45) is 0 Å². The maximum Gasteiger partial charge on any atom is 0.324 e. The molecule has 1 unspecified atom stereocenters. The first-order valence-corrected chi connectivity index (χ1v) is 6.24. The van der Waals surface area contributed by atoms with E-state index < -0.39 is 15.2 Å². The van der Waals surface area contributed by atoms with Gasteiger partial charge in [-0.1, -0.05) is 24.6 Å². The Hall–Kier alpha value is -1.34. The molecule has 1 aromatic carbocycles. The Balaban J connectivity index is 3.18. The van der Waals surface area contributed by atoms with E-state index in [0.717, 1.165) is 5.56 Å². The van der Waals surface area contributed by atoms with E-state index in [1.54, 1.807) is 31.2 Å². The molecule has 3 nitrogen and oxygen atoms in total. The average Bonchev–Trinajstić information content (AvgIpc) is 2.19. The molecule has 0 aliphatic rings. The summed E-state index contributed by atoms with van der Waals surface area (Å²) in [5, 5.41) is -0.958. The largest absolute Gasteiger partial charge is 0.324 e. The third kappa shape index (κ3) is 2.37. The smallest absolute Gasteiger partial charge is 0.296 e. The lowest BCUT2D eigenvalue weighted by molar-refractivity contribution is 0.586. The number of benzene rings is 1. The Morgan fingerprint density at radius 1 is 1.33 bits per heavy atom. The molecule has 1 aromatic rings. The molecule has 0 spiro atoms. The molecule has 0 saturated carbocycles. The van der Waals surface area contributed by atoms with Crippen molar-refractivity contribution in [3.8, 4) is 0 Å². The average molecular weight is 223 g/mol. The number of nitrogens with zero attached hydrogens (tertiary/aromatic N) is 1. The molecule has 1 rings (SSSR count). The van der Waals surface area contributed by atoms with Crippen LogP contribution in [0.25, 0.3) is 4.85 Å². The van der Waals surface area contributed by atoms with Crippen molar-refractivity contribution in [2.45, 2.75) is 30.5 Å². The molecule has 0 N–H and O–H groups in total. The Morgan fingerprint density at radius 2 is 1.87 bits per heavy atom. The second kappa shape index (κ2) is 4.45. The van der Waals surface area contributed by atoms with Crippen LogP contribution in [0.4, 0.5) is 0 Å². The van der Waals surface area contributed by atoms with Crippen LogP contribution in [0.1, 0.15) is 18.9 Å². The SMILES string of the molecule is [C-]#[N+]C(CC)S(=O)(=O)c1ccc(C)cc1. The van der Waals surface area contributed by atoms with E-state index in [1.807, 2.05) is 6.92 Å². The quantitative estimate of drug-likeness (QED) is 0.738. The molecule has 0 radical (unpaired) electrons. The minimum Gasteiger partial charge on any atom is -0.296 e. The molecule has 0 bridgehead atoms. The van der Waals surface area contributed by atoms with Gasteiger partial charge in [0, 0.05) is 6.42 Å². The molecule has 80 valence electrons. The highest BCUT2D eigenvalue weighted by atomic mass is 32.2. The first-order valence-electron chi connectivity index (χ1n) is 4.69. The van der Waals surface area contributed by atoms with Crippen molar-refractivity contribution < 1.29 is 8.42 Å². The molecular formula is C11H13NO2S. The summed E-state index contributed by atoms with van der Waals surface area (Å²) in [6, 6.07) is 6.59. The summed E-state index contributed by atoms with van der Waals surface area (Å²) in [6.07, 6.45) is 0.319. The van der Waals surface area contributed by atoms with Gasteiger partial charge in [-0.3, -0.25) is 4.85 Å². The topological polar surface area (TPSA) is 38.5 Å². The minimum atomic E-state index is -3.47. The van der Waals surface area contributed by atoms with Gasteiger partial charge in [-0.15, -0.1) is 0 Å². The summed E-state index contributed by atoms with van der Waals surface area (Å²) in [5.41, 5.74) is 1.00. The predicted octanol–water partition coefficient (Wildman–Crippen LogP) is 2.42. The lowest BCUT2D eigenvalue weighted by atomic mass is 10.2.